The summed E-state index contributed by atoms with van der Waals surface area (Å²) in [4.78, 5) is 27.0. The van der Waals surface area contributed by atoms with E-state index in [1.165, 1.54) is 28.1 Å². The maximum absolute atomic E-state index is 13.8. The first-order chi connectivity index (χ1) is 16.4. The van der Waals surface area contributed by atoms with E-state index in [-0.39, 0.29) is 22.8 Å². The Balaban J connectivity index is 1.57. The third kappa shape index (κ3) is 4.52. The average Bonchev–Trinajstić information content (AvgIpc) is 3.01. The van der Waals surface area contributed by atoms with Gasteiger partial charge in [-0.3, -0.25) is 9.59 Å². The van der Waals surface area contributed by atoms with Gasteiger partial charge in [0.05, 0.1) is 10.4 Å². The summed E-state index contributed by atoms with van der Waals surface area (Å²) in [5.41, 5.74) is 1.27. The van der Waals surface area contributed by atoms with E-state index < -0.39 is 21.1 Å². The predicted molar refractivity (Wildman–Crippen MR) is 135 cm³/mol. The molecular formula is C27H33N3O4S. The molecule has 0 radical (unpaired) electrons. The Morgan fingerprint density at radius 1 is 1.03 bits per heavy atom. The van der Waals surface area contributed by atoms with Crippen LogP contribution in [0.5, 0.6) is 0 Å². The lowest BCUT2D eigenvalue weighted by atomic mass is 9.94. The molecule has 2 aliphatic rings. The van der Waals surface area contributed by atoms with Gasteiger partial charge in [0.1, 0.15) is 0 Å². The van der Waals surface area contributed by atoms with E-state index in [9.17, 15) is 18.0 Å². The minimum Gasteiger partial charge on any atom is -0.348 e. The number of nitrogens with one attached hydrogen (secondary N) is 1. The monoisotopic (exact) mass is 495 g/mol. The van der Waals surface area contributed by atoms with Crippen molar-refractivity contribution in [1.82, 2.24) is 14.5 Å². The standard InChI is InChI=1S/C27H33N3O4S/c1-6-24(31)28-23-17-26(2,3)30(27(23,4)5)35(33,34)22-13-11-20(12-14-22)25(32)29-16-15-19-9-7-8-10-21(19)18-29/h6-14,23H,1,15-18H2,2-5H3,(H,28,31). The second kappa shape index (κ2) is 8.91. The fourth-order valence-corrected chi connectivity index (χ4v) is 7.74. The summed E-state index contributed by atoms with van der Waals surface area (Å²) in [6.45, 7) is 12.0. The number of amides is 2. The average molecular weight is 496 g/mol. The van der Waals surface area contributed by atoms with Crippen LogP contribution in [0.25, 0.3) is 0 Å². The van der Waals surface area contributed by atoms with Crippen LogP contribution in [0.15, 0.2) is 66.1 Å². The van der Waals surface area contributed by atoms with E-state index in [1.54, 1.807) is 17.0 Å². The number of sulfonamides is 1. The molecule has 8 heteroatoms. The molecule has 0 spiro atoms. The quantitative estimate of drug-likeness (QED) is 0.643. The van der Waals surface area contributed by atoms with Crippen LogP contribution in [0.4, 0.5) is 0 Å². The topological polar surface area (TPSA) is 86.8 Å². The van der Waals surface area contributed by atoms with Gasteiger partial charge in [-0.25, -0.2) is 8.42 Å². The molecule has 35 heavy (non-hydrogen) atoms. The zero-order valence-electron chi connectivity index (χ0n) is 20.7. The SMILES string of the molecule is C=CC(=O)NC1CC(C)(C)N(S(=O)(=O)c2ccc(C(=O)N3CCc4ccccc4C3)cc2)C1(C)C. The summed E-state index contributed by atoms with van der Waals surface area (Å²) in [7, 11) is -3.91. The van der Waals surface area contributed by atoms with E-state index in [2.05, 4.69) is 18.0 Å². The number of rotatable bonds is 5. The molecule has 1 saturated heterocycles. The van der Waals surface area contributed by atoms with Crippen molar-refractivity contribution in [3.05, 3.63) is 77.9 Å². The molecule has 2 aromatic rings. The van der Waals surface area contributed by atoms with Gasteiger partial charge in [0.25, 0.3) is 5.91 Å². The van der Waals surface area contributed by atoms with Crippen LogP contribution < -0.4 is 5.32 Å². The molecule has 186 valence electrons. The first-order valence-corrected chi connectivity index (χ1v) is 13.3. The van der Waals surface area contributed by atoms with Crippen LogP contribution in [-0.4, -0.2) is 53.1 Å². The molecular weight excluding hydrogens is 462 g/mol. The summed E-state index contributed by atoms with van der Waals surface area (Å²) < 4.78 is 29.1. The van der Waals surface area contributed by atoms with Crippen molar-refractivity contribution in [2.24, 2.45) is 0 Å². The molecule has 0 bridgehead atoms. The van der Waals surface area contributed by atoms with Gasteiger partial charge in [-0.05, 0) is 82.0 Å². The summed E-state index contributed by atoms with van der Waals surface area (Å²) in [6.07, 6.45) is 2.46. The number of carbonyl (C=O) groups excluding carboxylic acids is 2. The Morgan fingerprint density at radius 3 is 2.29 bits per heavy atom. The Bertz CT molecular complexity index is 1270. The molecule has 2 aromatic carbocycles. The van der Waals surface area contributed by atoms with Gasteiger partial charge in [-0.1, -0.05) is 30.8 Å². The molecule has 1 fully saturated rings. The summed E-state index contributed by atoms with van der Waals surface area (Å²) >= 11 is 0. The minimum atomic E-state index is -3.91. The van der Waals surface area contributed by atoms with Gasteiger partial charge in [-0.2, -0.15) is 4.31 Å². The van der Waals surface area contributed by atoms with Crippen molar-refractivity contribution < 1.29 is 18.0 Å². The fourth-order valence-electron chi connectivity index (χ4n) is 5.57. The largest absolute Gasteiger partial charge is 0.348 e. The summed E-state index contributed by atoms with van der Waals surface area (Å²) in [5.74, 6) is -0.446. The molecule has 1 unspecified atom stereocenters. The van der Waals surface area contributed by atoms with Gasteiger partial charge in [0, 0.05) is 30.2 Å². The van der Waals surface area contributed by atoms with Crippen LogP contribution >= 0.6 is 0 Å². The molecule has 0 saturated carbocycles. The van der Waals surface area contributed by atoms with Crippen LogP contribution in [0.1, 0.15) is 55.6 Å². The van der Waals surface area contributed by atoms with Gasteiger partial charge in [0.2, 0.25) is 15.9 Å². The molecule has 7 nitrogen and oxygen atoms in total. The van der Waals surface area contributed by atoms with Crippen molar-refractivity contribution in [1.29, 1.82) is 0 Å². The van der Waals surface area contributed by atoms with Crippen molar-refractivity contribution in [2.75, 3.05) is 6.54 Å². The number of hydrogen-bond acceptors (Lipinski definition) is 4. The summed E-state index contributed by atoms with van der Waals surface area (Å²) in [6, 6.07) is 13.9. The van der Waals surface area contributed by atoms with Crippen molar-refractivity contribution >= 4 is 21.8 Å². The van der Waals surface area contributed by atoms with E-state index in [0.29, 0.717) is 25.1 Å². The Morgan fingerprint density at radius 2 is 1.66 bits per heavy atom. The lowest BCUT2D eigenvalue weighted by Crippen LogP contribution is -2.56. The van der Waals surface area contributed by atoms with Crippen LogP contribution in [-0.2, 0) is 27.8 Å². The Labute approximate surface area is 207 Å². The van der Waals surface area contributed by atoms with Crippen molar-refractivity contribution in [3.8, 4) is 0 Å². The fraction of sp³-hybridized carbons (Fsp3) is 0.407. The maximum Gasteiger partial charge on any atom is 0.254 e. The van der Waals surface area contributed by atoms with Crippen molar-refractivity contribution in [2.45, 2.75) is 69.1 Å². The second-order valence-corrected chi connectivity index (χ2v) is 12.3. The highest BCUT2D eigenvalue weighted by atomic mass is 32.2. The lowest BCUT2D eigenvalue weighted by Gasteiger charge is -2.40. The molecule has 0 aromatic heterocycles. The maximum atomic E-state index is 13.8. The molecule has 4 rings (SSSR count). The van der Waals surface area contributed by atoms with E-state index in [0.717, 1.165) is 12.0 Å². The molecule has 2 heterocycles. The first-order valence-electron chi connectivity index (χ1n) is 11.8. The number of benzene rings is 2. The van der Waals surface area contributed by atoms with Gasteiger partial charge in [-0.15, -0.1) is 0 Å². The minimum absolute atomic E-state index is 0.113. The molecule has 2 amide bonds. The van der Waals surface area contributed by atoms with Crippen LogP contribution in [0, 0.1) is 0 Å². The normalized spacial score (nSPS) is 21.3. The van der Waals surface area contributed by atoms with Crippen LogP contribution in [0.2, 0.25) is 0 Å². The highest BCUT2D eigenvalue weighted by molar-refractivity contribution is 7.89. The number of hydrogen-bond donors (Lipinski definition) is 1. The molecule has 1 atom stereocenters. The number of fused-ring (bicyclic) bond motifs is 1. The summed E-state index contributed by atoms with van der Waals surface area (Å²) in [5, 5.41) is 2.88. The van der Waals surface area contributed by atoms with Crippen molar-refractivity contribution in [3.63, 3.8) is 0 Å². The van der Waals surface area contributed by atoms with Gasteiger partial charge >= 0.3 is 0 Å². The predicted octanol–water partition coefficient (Wildman–Crippen LogP) is 3.51. The third-order valence-electron chi connectivity index (χ3n) is 7.19. The van der Waals surface area contributed by atoms with Gasteiger partial charge < -0.3 is 10.2 Å². The van der Waals surface area contributed by atoms with E-state index >= 15 is 0 Å². The second-order valence-electron chi connectivity index (χ2n) is 10.5. The first kappa shape index (κ1) is 25.1. The Kier molecular flexibility index (Phi) is 6.40. The molecule has 2 aliphatic heterocycles. The van der Waals surface area contributed by atoms with Gasteiger partial charge in [0.15, 0.2) is 0 Å². The zero-order valence-corrected chi connectivity index (χ0v) is 21.6. The van der Waals surface area contributed by atoms with E-state index in [1.807, 2.05) is 45.9 Å². The highest BCUT2D eigenvalue weighted by Crippen LogP contribution is 2.44. The number of nitrogens with zero attached hydrogens (tertiary/aromatic N) is 2. The lowest BCUT2D eigenvalue weighted by molar-refractivity contribution is -0.117. The molecule has 1 N–H and O–H groups in total. The zero-order chi connectivity index (χ0) is 25.6. The smallest absolute Gasteiger partial charge is 0.254 e. The number of carbonyl (C=O) groups is 2. The third-order valence-corrected chi connectivity index (χ3v) is 9.50. The van der Waals surface area contributed by atoms with Crippen LogP contribution in [0.3, 0.4) is 0 Å². The Hall–Kier alpha value is -2.97. The van der Waals surface area contributed by atoms with E-state index in [4.69, 9.17) is 0 Å². The highest BCUT2D eigenvalue weighted by Gasteiger charge is 2.57. The molecule has 0 aliphatic carbocycles.